The number of rotatable bonds is 3. The topological polar surface area (TPSA) is 47.3 Å². The van der Waals surface area contributed by atoms with Crippen molar-refractivity contribution in [3.63, 3.8) is 0 Å². The van der Waals surface area contributed by atoms with Crippen LogP contribution >= 0.6 is 11.8 Å². The first kappa shape index (κ1) is 10.8. The Hall–Kier alpha value is -0.710. The molecule has 2 rings (SSSR count). The Labute approximate surface area is 94.4 Å². The summed E-state index contributed by atoms with van der Waals surface area (Å²) in [7, 11) is 0. The molecule has 4 heteroatoms. The number of nitrogens with one attached hydrogen (secondary N) is 1. The summed E-state index contributed by atoms with van der Waals surface area (Å²) >= 11 is 1.76. The Kier molecular flexibility index (Phi) is 3.88. The van der Waals surface area contributed by atoms with Crippen LogP contribution in [0.15, 0.2) is 29.2 Å². The Morgan fingerprint density at radius 3 is 3.07 bits per heavy atom. The number of nitrogens with two attached hydrogens (primary N) is 1. The average molecular weight is 224 g/mol. The van der Waals surface area contributed by atoms with Crippen molar-refractivity contribution in [2.45, 2.75) is 11.0 Å². The van der Waals surface area contributed by atoms with E-state index in [2.05, 4.69) is 11.4 Å². The third-order valence-corrected chi connectivity index (χ3v) is 3.57. The van der Waals surface area contributed by atoms with Gasteiger partial charge in [-0.15, -0.1) is 11.8 Å². The van der Waals surface area contributed by atoms with E-state index in [1.165, 1.54) is 0 Å². The SMILES string of the molecule is Nc1ccccc1SCC1CNCCO1. The Morgan fingerprint density at radius 2 is 2.33 bits per heavy atom. The first-order chi connectivity index (χ1) is 7.36. The van der Waals surface area contributed by atoms with E-state index in [-0.39, 0.29) is 0 Å². The highest BCUT2D eigenvalue weighted by molar-refractivity contribution is 7.99. The van der Waals surface area contributed by atoms with Crippen LogP contribution in [0, 0.1) is 0 Å². The molecule has 1 unspecified atom stereocenters. The van der Waals surface area contributed by atoms with Gasteiger partial charge >= 0.3 is 0 Å². The lowest BCUT2D eigenvalue weighted by atomic mass is 10.3. The van der Waals surface area contributed by atoms with Gasteiger partial charge in [0.2, 0.25) is 0 Å². The second kappa shape index (κ2) is 5.39. The van der Waals surface area contributed by atoms with Gasteiger partial charge in [0.1, 0.15) is 0 Å². The molecule has 3 N–H and O–H groups in total. The first-order valence-corrected chi connectivity index (χ1v) is 6.14. The van der Waals surface area contributed by atoms with Crippen molar-refractivity contribution < 1.29 is 4.74 Å². The number of hydrogen-bond donors (Lipinski definition) is 2. The summed E-state index contributed by atoms with van der Waals surface area (Å²) in [5, 5.41) is 3.32. The number of anilines is 1. The number of para-hydroxylation sites is 1. The Balaban J connectivity index is 1.84. The maximum Gasteiger partial charge on any atom is 0.0793 e. The second-order valence-corrected chi connectivity index (χ2v) is 4.61. The maximum absolute atomic E-state index is 5.86. The molecule has 3 nitrogen and oxygen atoms in total. The fourth-order valence-electron chi connectivity index (χ4n) is 1.52. The number of nitrogen functional groups attached to an aromatic ring is 1. The molecule has 0 aliphatic carbocycles. The standard InChI is InChI=1S/C11H16N2OS/c12-10-3-1-2-4-11(10)15-8-9-7-13-5-6-14-9/h1-4,9,13H,5-8,12H2. The zero-order valence-electron chi connectivity index (χ0n) is 8.61. The van der Waals surface area contributed by atoms with Crippen molar-refractivity contribution in [2.75, 3.05) is 31.2 Å². The molecule has 82 valence electrons. The lowest BCUT2D eigenvalue weighted by molar-refractivity contribution is 0.0441. The largest absolute Gasteiger partial charge is 0.398 e. The third-order valence-electron chi connectivity index (χ3n) is 2.35. The molecule has 1 aliphatic rings. The van der Waals surface area contributed by atoms with Crippen molar-refractivity contribution >= 4 is 17.4 Å². The van der Waals surface area contributed by atoms with Crippen LogP contribution in [-0.2, 0) is 4.74 Å². The minimum Gasteiger partial charge on any atom is -0.398 e. The van der Waals surface area contributed by atoms with Crippen LogP contribution in [0.5, 0.6) is 0 Å². The van der Waals surface area contributed by atoms with Crippen molar-refractivity contribution in [2.24, 2.45) is 0 Å². The number of morpholine rings is 1. The van der Waals surface area contributed by atoms with Crippen molar-refractivity contribution in [3.05, 3.63) is 24.3 Å². The van der Waals surface area contributed by atoms with Gasteiger partial charge in [-0.05, 0) is 12.1 Å². The number of thioether (sulfide) groups is 1. The number of hydrogen-bond acceptors (Lipinski definition) is 4. The molecule has 0 spiro atoms. The highest BCUT2D eigenvalue weighted by Crippen LogP contribution is 2.25. The molecule has 1 heterocycles. The monoisotopic (exact) mass is 224 g/mol. The first-order valence-electron chi connectivity index (χ1n) is 5.16. The predicted molar refractivity (Wildman–Crippen MR) is 64.2 cm³/mol. The Morgan fingerprint density at radius 1 is 1.47 bits per heavy atom. The quantitative estimate of drug-likeness (QED) is 0.601. The van der Waals surface area contributed by atoms with E-state index >= 15 is 0 Å². The van der Waals surface area contributed by atoms with Crippen molar-refractivity contribution in [3.8, 4) is 0 Å². The van der Waals surface area contributed by atoms with Gasteiger partial charge in [0.25, 0.3) is 0 Å². The summed E-state index contributed by atoms with van der Waals surface area (Å²) in [5.74, 6) is 0.960. The lowest BCUT2D eigenvalue weighted by Gasteiger charge is -2.23. The number of ether oxygens (including phenoxy) is 1. The van der Waals surface area contributed by atoms with E-state index in [9.17, 15) is 0 Å². The summed E-state index contributed by atoms with van der Waals surface area (Å²) in [5.41, 5.74) is 6.71. The smallest absolute Gasteiger partial charge is 0.0793 e. The molecule has 1 aliphatic heterocycles. The fourth-order valence-corrected chi connectivity index (χ4v) is 2.51. The van der Waals surface area contributed by atoms with Crippen LogP contribution in [-0.4, -0.2) is 31.6 Å². The molecule has 0 amide bonds. The van der Waals surface area contributed by atoms with Gasteiger partial charge in [-0.3, -0.25) is 0 Å². The van der Waals surface area contributed by atoms with Gasteiger partial charge in [-0.1, -0.05) is 12.1 Å². The summed E-state index contributed by atoms with van der Waals surface area (Å²) in [4.78, 5) is 1.15. The second-order valence-electron chi connectivity index (χ2n) is 3.55. The van der Waals surface area contributed by atoms with E-state index in [1.54, 1.807) is 11.8 Å². The minimum atomic E-state index is 0.309. The van der Waals surface area contributed by atoms with E-state index in [0.717, 1.165) is 36.0 Å². The molecule has 1 saturated heterocycles. The van der Waals surface area contributed by atoms with Crippen LogP contribution in [0.25, 0.3) is 0 Å². The number of benzene rings is 1. The molecule has 1 aromatic rings. The zero-order valence-corrected chi connectivity index (χ0v) is 9.43. The van der Waals surface area contributed by atoms with E-state index in [0.29, 0.717) is 6.10 Å². The molecule has 0 saturated carbocycles. The average Bonchev–Trinajstić information content (AvgIpc) is 2.29. The van der Waals surface area contributed by atoms with Gasteiger partial charge in [-0.25, -0.2) is 0 Å². The molecule has 1 aromatic carbocycles. The van der Waals surface area contributed by atoms with Crippen LogP contribution in [0.3, 0.4) is 0 Å². The van der Waals surface area contributed by atoms with Gasteiger partial charge < -0.3 is 15.8 Å². The zero-order chi connectivity index (χ0) is 10.5. The minimum absolute atomic E-state index is 0.309. The molecule has 1 atom stereocenters. The van der Waals surface area contributed by atoms with E-state index < -0.39 is 0 Å². The van der Waals surface area contributed by atoms with Crippen LogP contribution < -0.4 is 11.1 Å². The van der Waals surface area contributed by atoms with Gasteiger partial charge in [0.15, 0.2) is 0 Å². The molecule has 15 heavy (non-hydrogen) atoms. The molecule has 0 aromatic heterocycles. The predicted octanol–water partition coefficient (Wildman–Crippen LogP) is 1.35. The molecule has 0 radical (unpaired) electrons. The fraction of sp³-hybridized carbons (Fsp3) is 0.455. The van der Waals surface area contributed by atoms with Crippen LogP contribution in [0.2, 0.25) is 0 Å². The molecule has 0 bridgehead atoms. The maximum atomic E-state index is 5.86. The molecular formula is C11H16N2OS. The summed E-state index contributed by atoms with van der Waals surface area (Å²) in [6, 6.07) is 7.95. The van der Waals surface area contributed by atoms with E-state index in [4.69, 9.17) is 10.5 Å². The van der Waals surface area contributed by atoms with Crippen LogP contribution in [0.1, 0.15) is 0 Å². The van der Waals surface area contributed by atoms with Gasteiger partial charge in [-0.2, -0.15) is 0 Å². The molecular weight excluding hydrogens is 208 g/mol. The van der Waals surface area contributed by atoms with E-state index in [1.807, 2.05) is 18.2 Å². The summed E-state index contributed by atoms with van der Waals surface area (Å²) < 4.78 is 5.62. The van der Waals surface area contributed by atoms with Gasteiger partial charge in [0, 0.05) is 29.4 Å². The third kappa shape index (κ3) is 3.12. The summed E-state index contributed by atoms with van der Waals surface area (Å²) in [6.07, 6.45) is 0.309. The summed E-state index contributed by atoms with van der Waals surface area (Å²) in [6.45, 7) is 2.73. The highest BCUT2D eigenvalue weighted by Gasteiger charge is 2.13. The lowest BCUT2D eigenvalue weighted by Crippen LogP contribution is -2.39. The molecule has 1 fully saturated rings. The highest BCUT2D eigenvalue weighted by atomic mass is 32.2. The normalized spacial score (nSPS) is 21.5. The van der Waals surface area contributed by atoms with Crippen molar-refractivity contribution in [1.82, 2.24) is 5.32 Å². The Bertz CT molecular complexity index is 313. The van der Waals surface area contributed by atoms with Crippen molar-refractivity contribution in [1.29, 1.82) is 0 Å². The van der Waals surface area contributed by atoms with Gasteiger partial charge in [0.05, 0.1) is 12.7 Å². The van der Waals surface area contributed by atoms with Crippen LogP contribution in [0.4, 0.5) is 5.69 Å².